The maximum Gasteiger partial charge on any atom is 0.230 e. The average Bonchev–Trinajstić information content (AvgIpc) is 2.46. The smallest absolute Gasteiger partial charge is 0.230 e. The van der Waals surface area contributed by atoms with Crippen molar-refractivity contribution in [2.45, 2.75) is 19.9 Å². The van der Waals surface area contributed by atoms with Gasteiger partial charge in [-0.05, 0) is 24.1 Å². The number of ether oxygens (including phenoxy) is 1. The van der Waals surface area contributed by atoms with Crippen LogP contribution in [0.3, 0.4) is 0 Å². The lowest BCUT2D eigenvalue weighted by Crippen LogP contribution is -2.19. The summed E-state index contributed by atoms with van der Waals surface area (Å²) in [6.07, 6.45) is 2.42. The van der Waals surface area contributed by atoms with Gasteiger partial charge >= 0.3 is 0 Å². The number of hydrogen-bond donors (Lipinski definition) is 1. The number of aromatic nitrogens is 3. The van der Waals surface area contributed by atoms with Crippen molar-refractivity contribution in [2.75, 3.05) is 24.3 Å². The summed E-state index contributed by atoms with van der Waals surface area (Å²) in [5, 5.41) is 0. The molecule has 106 valence electrons. The summed E-state index contributed by atoms with van der Waals surface area (Å²) in [6, 6.07) is 8.01. The molecule has 0 aliphatic rings. The first-order chi connectivity index (χ1) is 9.69. The Morgan fingerprint density at radius 1 is 1.20 bits per heavy atom. The van der Waals surface area contributed by atoms with Gasteiger partial charge in [-0.1, -0.05) is 19.1 Å². The zero-order chi connectivity index (χ0) is 14.4. The molecule has 1 aromatic heterocycles. The largest absolute Gasteiger partial charge is 0.494 e. The zero-order valence-corrected chi connectivity index (χ0v) is 11.8. The Morgan fingerprint density at radius 3 is 2.60 bits per heavy atom. The normalized spacial score (nSPS) is 10.3. The lowest BCUT2D eigenvalue weighted by Gasteiger charge is -2.17. The average molecular weight is 273 g/mol. The highest BCUT2D eigenvalue weighted by molar-refractivity contribution is 5.35. The Balaban J connectivity index is 1.99. The highest BCUT2D eigenvalue weighted by atomic mass is 16.5. The highest BCUT2D eigenvalue weighted by Gasteiger charge is 2.06. The topological polar surface area (TPSA) is 77.2 Å². The molecule has 6 nitrogen and oxygen atoms in total. The maximum atomic E-state index is 5.55. The summed E-state index contributed by atoms with van der Waals surface area (Å²) in [6.45, 7) is 3.52. The summed E-state index contributed by atoms with van der Waals surface area (Å²) >= 11 is 0. The first kappa shape index (κ1) is 14.0. The van der Waals surface area contributed by atoms with Crippen molar-refractivity contribution < 1.29 is 4.74 Å². The van der Waals surface area contributed by atoms with Crippen LogP contribution in [-0.2, 0) is 6.54 Å². The molecule has 0 radical (unpaired) electrons. The lowest BCUT2D eigenvalue weighted by molar-refractivity contribution is 0.317. The molecule has 6 heteroatoms. The van der Waals surface area contributed by atoms with Crippen LogP contribution in [-0.4, -0.2) is 28.6 Å². The molecule has 0 aliphatic carbocycles. The molecule has 2 N–H and O–H groups in total. The summed E-state index contributed by atoms with van der Waals surface area (Å²) in [4.78, 5) is 13.9. The third-order valence-electron chi connectivity index (χ3n) is 2.74. The fraction of sp³-hybridized carbons (Fsp3) is 0.357. The highest BCUT2D eigenvalue weighted by Crippen LogP contribution is 2.15. The fourth-order valence-corrected chi connectivity index (χ4v) is 1.74. The monoisotopic (exact) mass is 273 g/mol. The minimum atomic E-state index is 0.227. The molecule has 0 bridgehead atoms. The van der Waals surface area contributed by atoms with E-state index in [0.29, 0.717) is 12.5 Å². The number of hydrogen-bond acceptors (Lipinski definition) is 6. The van der Waals surface area contributed by atoms with Crippen LogP contribution in [0.4, 0.5) is 11.9 Å². The number of nitrogens with zero attached hydrogens (tertiary/aromatic N) is 4. The number of nitrogens with two attached hydrogens (primary N) is 1. The van der Waals surface area contributed by atoms with Crippen LogP contribution in [0.1, 0.15) is 18.9 Å². The molecule has 1 aromatic carbocycles. The minimum absolute atomic E-state index is 0.227. The van der Waals surface area contributed by atoms with Crippen molar-refractivity contribution in [3.05, 3.63) is 36.2 Å². The van der Waals surface area contributed by atoms with Crippen LogP contribution in [0.2, 0.25) is 0 Å². The molecular formula is C14H19N5O. The van der Waals surface area contributed by atoms with Crippen LogP contribution in [0.25, 0.3) is 0 Å². The van der Waals surface area contributed by atoms with Crippen molar-refractivity contribution in [2.24, 2.45) is 0 Å². The molecule has 1 heterocycles. The van der Waals surface area contributed by atoms with E-state index in [1.165, 1.54) is 6.33 Å². The molecule has 0 aliphatic heterocycles. The standard InChI is InChI=1S/C14H19N5O/c1-3-8-20-12-6-4-11(5-7-12)9-19(2)14-17-10-16-13(15)18-14/h4-7,10H,3,8-9H2,1-2H3,(H2,15,16,17,18). The maximum absolute atomic E-state index is 5.55. The summed E-state index contributed by atoms with van der Waals surface area (Å²) < 4.78 is 5.55. The Hall–Kier alpha value is -2.37. The minimum Gasteiger partial charge on any atom is -0.494 e. The summed E-state index contributed by atoms with van der Waals surface area (Å²) in [5.74, 6) is 1.68. The van der Waals surface area contributed by atoms with E-state index in [0.717, 1.165) is 24.3 Å². The molecule has 0 atom stereocenters. The van der Waals surface area contributed by atoms with Crippen molar-refractivity contribution in [1.82, 2.24) is 15.0 Å². The summed E-state index contributed by atoms with van der Waals surface area (Å²) in [5.41, 5.74) is 6.70. The molecule has 0 fully saturated rings. The van der Waals surface area contributed by atoms with E-state index in [-0.39, 0.29) is 5.95 Å². The fourth-order valence-electron chi connectivity index (χ4n) is 1.74. The van der Waals surface area contributed by atoms with Crippen molar-refractivity contribution in [3.63, 3.8) is 0 Å². The first-order valence-electron chi connectivity index (χ1n) is 6.56. The van der Waals surface area contributed by atoms with Crippen molar-refractivity contribution in [3.8, 4) is 5.75 Å². The third-order valence-corrected chi connectivity index (χ3v) is 2.74. The van der Waals surface area contributed by atoms with Gasteiger partial charge in [0.2, 0.25) is 11.9 Å². The number of benzene rings is 1. The number of anilines is 2. The van der Waals surface area contributed by atoms with Gasteiger partial charge in [-0.2, -0.15) is 4.98 Å². The van der Waals surface area contributed by atoms with Gasteiger partial charge in [0, 0.05) is 13.6 Å². The molecule has 0 saturated carbocycles. The SMILES string of the molecule is CCCOc1ccc(CN(C)c2ncnc(N)n2)cc1. The van der Waals surface area contributed by atoms with Crippen LogP contribution >= 0.6 is 0 Å². The molecular weight excluding hydrogens is 254 g/mol. The Kier molecular flexibility index (Phi) is 4.70. The van der Waals surface area contributed by atoms with Crippen LogP contribution < -0.4 is 15.4 Å². The van der Waals surface area contributed by atoms with Gasteiger partial charge in [0.1, 0.15) is 12.1 Å². The van der Waals surface area contributed by atoms with E-state index in [2.05, 4.69) is 21.9 Å². The van der Waals surface area contributed by atoms with Crippen molar-refractivity contribution in [1.29, 1.82) is 0 Å². The van der Waals surface area contributed by atoms with Gasteiger partial charge in [-0.3, -0.25) is 0 Å². The Labute approximate surface area is 118 Å². The zero-order valence-electron chi connectivity index (χ0n) is 11.8. The quantitative estimate of drug-likeness (QED) is 0.866. The van der Waals surface area contributed by atoms with Gasteiger partial charge in [0.15, 0.2) is 0 Å². The molecule has 0 amide bonds. The second kappa shape index (κ2) is 6.70. The van der Waals surface area contributed by atoms with Crippen LogP contribution in [0, 0.1) is 0 Å². The Bertz CT molecular complexity index is 544. The third kappa shape index (κ3) is 3.81. The van der Waals surface area contributed by atoms with E-state index in [1.54, 1.807) is 0 Å². The summed E-state index contributed by atoms with van der Waals surface area (Å²) in [7, 11) is 1.91. The predicted molar refractivity (Wildman–Crippen MR) is 78.6 cm³/mol. The van der Waals surface area contributed by atoms with Crippen LogP contribution in [0.15, 0.2) is 30.6 Å². The molecule has 20 heavy (non-hydrogen) atoms. The van der Waals surface area contributed by atoms with Gasteiger partial charge in [-0.15, -0.1) is 0 Å². The van der Waals surface area contributed by atoms with Gasteiger partial charge in [-0.25, -0.2) is 9.97 Å². The first-order valence-corrected chi connectivity index (χ1v) is 6.56. The predicted octanol–water partition coefficient (Wildman–Crippen LogP) is 1.88. The van der Waals surface area contributed by atoms with E-state index in [9.17, 15) is 0 Å². The molecule has 2 rings (SSSR count). The van der Waals surface area contributed by atoms with E-state index in [1.807, 2.05) is 36.2 Å². The van der Waals surface area contributed by atoms with E-state index >= 15 is 0 Å². The molecule has 2 aromatic rings. The lowest BCUT2D eigenvalue weighted by atomic mass is 10.2. The molecule has 0 spiro atoms. The van der Waals surface area contributed by atoms with E-state index in [4.69, 9.17) is 10.5 Å². The van der Waals surface area contributed by atoms with Crippen molar-refractivity contribution >= 4 is 11.9 Å². The second-order valence-corrected chi connectivity index (χ2v) is 4.49. The second-order valence-electron chi connectivity index (χ2n) is 4.49. The Morgan fingerprint density at radius 2 is 1.95 bits per heavy atom. The molecule has 0 unspecified atom stereocenters. The van der Waals surface area contributed by atoms with Crippen LogP contribution in [0.5, 0.6) is 5.75 Å². The number of nitrogen functional groups attached to an aromatic ring is 1. The molecule has 0 saturated heterocycles. The van der Waals surface area contributed by atoms with E-state index < -0.39 is 0 Å². The van der Waals surface area contributed by atoms with Gasteiger partial charge < -0.3 is 15.4 Å². The van der Waals surface area contributed by atoms with Gasteiger partial charge in [0.25, 0.3) is 0 Å². The number of rotatable bonds is 6. The van der Waals surface area contributed by atoms with Gasteiger partial charge in [0.05, 0.1) is 6.61 Å².